The first kappa shape index (κ1) is 8.23. The van der Waals surface area contributed by atoms with Crippen LogP contribution in [0.15, 0.2) is 23.7 Å². The van der Waals surface area contributed by atoms with Gasteiger partial charge in [0.15, 0.2) is 0 Å². The fourth-order valence-electron chi connectivity index (χ4n) is 0.905. The summed E-state index contributed by atoms with van der Waals surface area (Å²) in [5, 5.41) is 3.05. The fraction of sp³-hybridized carbons (Fsp3) is 0.125. The Balaban J connectivity index is 2.35. The first-order valence-corrected chi connectivity index (χ1v) is 5.68. The smallest absolute Gasteiger partial charge is 0.108 e. The highest BCUT2D eigenvalue weighted by Crippen LogP contribution is 2.30. The zero-order valence-corrected chi connectivity index (χ0v) is 8.55. The normalized spacial score (nSPS) is 10.4. The van der Waals surface area contributed by atoms with Crippen LogP contribution in [0.5, 0.6) is 0 Å². The molecule has 0 amide bonds. The quantitative estimate of drug-likeness (QED) is 0.698. The zero-order chi connectivity index (χ0) is 8.39. The Morgan fingerprint density at radius 3 is 2.92 bits per heavy atom. The van der Waals surface area contributed by atoms with E-state index in [9.17, 15) is 0 Å². The summed E-state index contributed by atoms with van der Waals surface area (Å²) in [4.78, 5) is 6.66. The van der Waals surface area contributed by atoms with Crippen LogP contribution in [0.25, 0.3) is 9.75 Å². The third kappa shape index (κ3) is 1.53. The van der Waals surface area contributed by atoms with Crippen molar-refractivity contribution in [2.75, 3.05) is 0 Å². The van der Waals surface area contributed by atoms with Crippen LogP contribution in [0.2, 0.25) is 0 Å². The number of thiophene rings is 1. The Morgan fingerprint density at radius 1 is 1.42 bits per heavy atom. The molecule has 62 valence electrons. The number of nitrogens with zero attached hydrogens (tertiary/aromatic N) is 1. The Morgan fingerprint density at radius 2 is 2.33 bits per heavy atom. The summed E-state index contributed by atoms with van der Waals surface area (Å²) in [6.45, 7) is 0. The molecule has 0 bridgehead atoms. The summed E-state index contributed by atoms with van der Waals surface area (Å²) in [5.41, 5.74) is 0. The second-order valence-corrected chi connectivity index (χ2v) is 4.56. The molecule has 0 spiro atoms. The molecule has 0 aromatic carbocycles. The van der Waals surface area contributed by atoms with E-state index in [0.29, 0.717) is 5.88 Å². The lowest BCUT2D eigenvalue weighted by Crippen LogP contribution is -1.67. The van der Waals surface area contributed by atoms with Gasteiger partial charge in [0.1, 0.15) is 5.01 Å². The van der Waals surface area contributed by atoms with Crippen molar-refractivity contribution in [3.8, 4) is 9.75 Å². The Hall–Kier alpha value is -0.380. The number of aromatic nitrogens is 1. The molecule has 2 rings (SSSR count). The molecule has 2 heterocycles. The minimum absolute atomic E-state index is 0.510. The van der Waals surface area contributed by atoms with Gasteiger partial charge in [0, 0.05) is 11.1 Å². The topological polar surface area (TPSA) is 12.9 Å². The molecule has 12 heavy (non-hydrogen) atoms. The van der Waals surface area contributed by atoms with E-state index >= 15 is 0 Å². The van der Waals surface area contributed by atoms with Crippen molar-refractivity contribution < 1.29 is 0 Å². The van der Waals surface area contributed by atoms with Crippen LogP contribution >= 0.6 is 34.3 Å². The van der Waals surface area contributed by atoms with Crippen molar-refractivity contribution in [2.45, 2.75) is 5.88 Å². The third-order valence-corrected chi connectivity index (χ3v) is 3.91. The van der Waals surface area contributed by atoms with Gasteiger partial charge in [-0.3, -0.25) is 0 Å². The second kappa shape index (κ2) is 3.56. The summed E-state index contributed by atoms with van der Waals surface area (Å²) in [5.74, 6) is 0.510. The van der Waals surface area contributed by atoms with E-state index in [0.717, 1.165) is 5.01 Å². The maximum absolute atomic E-state index is 5.65. The largest absolute Gasteiger partial charge is 0.248 e. The predicted octanol–water partition coefficient (Wildman–Crippen LogP) is 3.61. The third-order valence-electron chi connectivity index (χ3n) is 1.43. The van der Waals surface area contributed by atoms with Crippen LogP contribution in [0, 0.1) is 0 Å². The molecule has 2 aromatic heterocycles. The second-order valence-electron chi connectivity index (χ2n) is 2.23. The van der Waals surface area contributed by atoms with Crippen LogP contribution in [0.4, 0.5) is 0 Å². The van der Waals surface area contributed by atoms with Gasteiger partial charge in [0.05, 0.1) is 10.8 Å². The maximum Gasteiger partial charge on any atom is 0.108 e. The first-order chi connectivity index (χ1) is 5.90. The van der Waals surface area contributed by atoms with Gasteiger partial charge in [-0.1, -0.05) is 6.07 Å². The molecular formula is C8H6ClNS2. The minimum Gasteiger partial charge on any atom is -0.248 e. The molecule has 0 fully saturated rings. The van der Waals surface area contributed by atoms with Crippen molar-refractivity contribution in [3.05, 3.63) is 28.7 Å². The molecule has 0 unspecified atom stereocenters. The van der Waals surface area contributed by atoms with Crippen LogP contribution in [-0.2, 0) is 5.88 Å². The summed E-state index contributed by atoms with van der Waals surface area (Å²) in [7, 11) is 0. The van der Waals surface area contributed by atoms with E-state index in [-0.39, 0.29) is 0 Å². The van der Waals surface area contributed by atoms with Gasteiger partial charge >= 0.3 is 0 Å². The van der Waals surface area contributed by atoms with Gasteiger partial charge in [0.2, 0.25) is 0 Å². The van der Waals surface area contributed by atoms with Gasteiger partial charge < -0.3 is 0 Å². The van der Waals surface area contributed by atoms with Crippen molar-refractivity contribution in [1.29, 1.82) is 0 Å². The molecule has 0 aliphatic carbocycles. The molecule has 0 saturated carbocycles. The average Bonchev–Trinajstić information content (AvgIpc) is 2.75. The van der Waals surface area contributed by atoms with Gasteiger partial charge in [-0.2, -0.15) is 0 Å². The molecule has 4 heteroatoms. The highest BCUT2D eigenvalue weighted by Gasteiger charge is 2.03. The molecular weight excluding hydrogens is 210 g/mol. The van der Waals surface area contributed by atoms with Crippen LogP contribution < -0.4 is 0 Å². The van der Waals surface area contributed by atoms with E-state index in [2.05, 4.69) is 16.4 Å². The van der Waals surface area contributed by atoms with Gasteiger partial charge in [-0.25, -0.2) is 4.98 Å². The van der Waals surface area contributed by atoms with E-state index in [4.69, 9.17) is 11.6 Å². The molecule has 0 atom stereocenters. The summed E-state index contributed by atoms with van der Waals surface area (Å²) in [6.07, 6.45) is 1.88. The molecule has 0 aliphatic heterocycles. The van der Waals surface area contributed by atoms with Crippen molar-refractivity contribution in [3.63, 3.8) is 0 Å². The molecule has 2 aromatic rings. The highest BCUT2D eigenvalue weighted by atomic mass is 35.5. The van der Waals surface area contributed by atoms with E-state index in [1.54, 1.807) is 22.7 Å². The lowest BCUT2D eigenvalue weighted by molar-refractivity contribution is 1.26. The molecule has 0 aliphatic rings. The Bertz CT molecular complexity index is 353. The van der Waals surface area contributed by atoms with Crippen LogP contribution in [0.3, 0.4) is 0 Å². The van der Waals surface area contributed by atoms with E-state index < -0.39 is 0 Å². The van der Waals surface area contributed by atoms with Gasteiger partial charge in [-0.05, 0) is 11.4 Å². The Kier molecular flexibility index (Phi) is 2.44. The molecule has 0 radical (unpaired) electrons. The monoisotopic (exact) mass is 215 g/mol. The fourth-order valence-corrected chi connectivity index (χ4v) is 2.72. The SMILES string of the molecule is ClCc1ncc(-c2cccs2)s1. The van der Waals surface area contributed by atoms with Crippen molar-refractivity contribution in [2.24, 2.45) is 0 Å². The number of hydrogen-bond donors (Lipinski definition) is 0. The van der Waals surface area contributed by atoms with Crippen LogP contribution in [0.1, 0.15) is 5.01 Å². The van der Waals surface area contributed by atoms with Crippen LogP contribution in [-0.4, -0.2) is 4.98 Å². The highest BCUT2D eigenvalue weighted by molar-refractivity contribution is 7.21. The number of hydrogen-bond acceptors (Lipinski definition) is 3. The summed E-state index contributed by atoms with van der Waals surface area (Å²) >= 11 is 9.04. The average molecular weight is 216 g/mol. The summed E-state index contributed by atoms with van der Waals surface area (Å²) in [6, 6.07) is 4.14. The lowest BCUT2D eigenvalue weighted by atomic mass is 10.4. The van der Waals surface area contributed by atoms with Gasteiger partial charge in [-0.15, -0.1) is 34.3 Å². The first-order valence-electron chi connectivity index (χ1n) is 3.44. The molecule has 1 nitrogen and oxygen atoms in total. The van der Waals surface area contributed by atoms with E-state index in [1.807, 2.05) is 12.3 Å². The standard InChI is InChI=1S/C8H6ClNS2/c9-4-8-10-5-7(12-8)6-2-1-3-11-6/h1-3,5H,4H2. The summed E-state index contributed by atoms with van der Waals surface area (Å²) < 4.78 is 0. The maximum atomic E-state index is 5.65. The van der Waals surface area contributed by atoms with Crippen molar-refractivity contribution >= 4 is 34.3 Å². The molecule has 0 saturated heterocycles. The van der Waals surface area contributed by atoms with Gasteiger partial charge in [0.25, 0.3) is 0 Å². The number of alkyl halides is 1. The lowest BCUT2D eigenvalue weighted by Gasteiger charge is -1.85. The zero-order valence-electron chi connectivity index (χ0n) is 6.16. The number of rotatable bonds is 2. The van der Waals surface area contributed by atoms with E-state index in [1.165, 1.54) is 9.75 Å². The van der Waals surface area contributed by atoms with Crippen molar-refractivity contribution in [1.82, 2.24) is 4.98 Å². The minimum atomic E-state index is 0.510. The predicted molar refractivity (Wildman–Crippen MR) is 55.0 cm³/mol. The number of thiazole rings is 1. The Labute approximate surface area is 83.7 Å². The molecule has 0 N–H and O–H groups in total. The number of halogens is 1.